The Morgan fingerprint density at radius 1 is 1.00 bits per heavy atom. The van der Waals surface area contributed by atoms with Crippen molar-refractivity contribution < 1.29 is 0 Å². The van der Waals surface area contributed by atoms with E-state index in [1.807, 2.05) is 48.3 Å². The molecule has 0 unspecified atom stereocenters. The van der Waals surface area contributed by atoms with Gasteiger partial charge in [0.2, 0.25) is 0 Å². The Morgan fingerprint density at radius 3 is 2.35 bits per heavy atom. The number of aryl methyl sites for hydroxylation is 1. The van der Waals surface area contributed by atoms with Gasteiger partial charge in [0, 0.05) is 31.0 Å². The lowest BCUT2D eigenvalue weighted by Crippen LogP contribution is -1.83. The first-order chi connectivity index (χ1) is 8.27. The Labute approximate surface area is 106 Å². The summed E-state index contributed by atoms with van der Waals surface area (Å²) in [4.78, 5) is 8.02. The van der Waals surface area contributed by atoms with Crippen molar-refractivity contribution in [3.05, 3.63) is 55.0 Å². The number of pyridine rings is 1. The van der Waals surface area contributed by atoms with Gasteiger partial charge in [0.15, 0.2) is 5.16 Å². The van der Waals surface area contributed by atoms with Crippen molar-refractivity contribution in [2.45, 2.75) is 5.16 Å². The van der Waals surface area contributed by atoms with Crippen LogP contribution in [0.4, 0.5) is 0 Å². The first-order valence-electron chi connectivity index (χ1n) is 5.23. The minimum Gasteiger partial charge on any atom is -0.329 e. The molecule has 0 aliphatic rings. The van der Waals surface area contributed by atoms with Gasteiger partial charge in [0.25, 0.3) is 0 Å². The second kappa shape index (κ2) is 5.50. The van der Waals surface area contributed by atoms with E-state index < -0.39 is 0 Å². The molecule has 0 bridgehead atoms. The topological polar surface area (TPSA) is 30.7 Å². The van der Waals surface area contributed by atoms with Gasteiger partial charge in [0.1, 0.15) is 0 Å². The highest BCUT2D eigenvalue weighted by atomic mass is 32.1. The van der Waals surface area contributed by atoms with Crippen molar-refractivity contribution in [3.63, 3.8) is 0 Å². The van der Waals surface area contributed by atoms with Crippen LogP contribution >= 0.6 is 12.6 Å². The molecule has 2 heterocycles. The summed E-state index contributed by atoms with van der Waals surface area (Å²) >= 11 is 4.00. The van der Waals surface area contributed by atoms with Crippen molar-refractivity contribution >= 4 is 23.5 Å². The quantitative estimate of drug-likeness (QED) is 0.615. The van der Waals surface area contributed by atoms with Crippen LogP contribution in [0, 0.1) is 0 Å². The third kappa shape index (κ3) is 3.07. The summed E-state index contributed by atoms with van der Waals surface area (Å²) in [6.45, 7) is 0. The highest BCUT2D eigenvalue weighted by Crippen LogP contribution is 2.07. The fourth-order valence-electron chi connectivity index (χ4n) is 1.37. The van der Waals surface area contributed by atoms with Crippen LogP contribution in [0.25, 0.3) is 10.9 Å². The monoisotopic (exact) mass is 243 g/mol. The highest BCUT2D eigenvalue weighted by molar-refractivity contribution is 7.80. The van der Waals surface area contributed by atoms with Crippen LogP contribution in [0.3, 0.4) is 0 Å². The van der Waals surface area contributed by atoms with E-state index in [-0.39, 0.29) is 0 Å². The van der Waals surface area contributed by atoms with Crippen molar-refractivity contribution in [3.8, 4) is 0 Å². The maximum Gasteiger partial charge on any atom is 0.164 e. The molecule has 86 valence electrons. The number of benzene rings is 1. The Kier molecular flexibility index (Phi) is 3.77. The molecule has 0 N–H and O–H groups in total. The summed E-state index contributed by atoms with van der Waals surface area (Å²) in [7, 11) is 1.90. The number of aromatic nitrogens is 3. The van der Waals surface area contributed by atoms with E-state index in [1.165, 1.54) is 5.39 Å². The summed E-state index contributed by atoms with van der Waals surface area (Å²) in [6.07, 6.45) is 5.37. The molecule has 0 spiro atoms. The molecule has 0 radical (unpaired) electrons. The van der Waals surface area contributed by atoms with Crippen LogP contribution in [0.1, 0.15) is 0 Å². The van der Waals surface area contributed by atoms with E-state index in [2.05, 4.69) is 34.7 Å². The predicted molar refractivity (Wildman–Crippen MR) is 72.2 cm³/mol. The molecule has 4 heteroatoms. The number of hydrogen-bond donors (Lipinski definition) is 1. The lowest BCUT2D eigenvalue weighted by atomic mass is 10.2. The zero-order valence-electron chi connectivity index (χ0n) is 9.49. The first-order valence-corrected chi connectivity index (χ1v) is 5.68. The Hall–Kier alpha value is -1.81. The summed E-state index contributed by atoms with van der Waals surface area (Å²) in [5, 5.41) is 1.95. The van der Waals surface area contributed by atoms with Gasteiger partial charge in [-0.1, -0.05) is 24.3 Å². The van der Waals surface area contributed by atoms with E-state index in [1.54, 1.807) is 6.20 Å². The molecular formula is C13H13N3S. The first kappa shape index (κ1) is 11.7. The smallest absolute Gasteiger partial charge is 0.164 e. The van der Waals surface area contributed by atoms with Gasteiger partial charge in [-0.2, -0.15) is 0 Å². The Balaban J connectivity index is 0.000000136. The Morgan fingerprint density at radius 2 is 1.76 bits per heavy atom. The van der Waals surface area contributed by atoms with Gasteiger partial charge < -0.3 is 4.57 Å². The molecule has 3 aromatic rings. The minimum absolute atomic E-state index is 0.750. The van der Waals surface area contributed by atoms with Gasteiger partial charge in [0.05, 0.1) is 5.52 Å². The van der Waals surface area contributed by atoms with E-state index in [9.17, 15) is 0 Å². The third-order valence-corrected chi connectivity index (χ3v) is 2.74. The number of para-hydroxylation sites is 1. The van der Waals surface area contributed by atoms with Crippen LogP contribution in [0.5, 0.6) is 0 Å². The number of thiol groups is 1. The molecule has 2 aromatic heterocycles. The zero-order valence-corrected chi connectivity index (χ0v) is 10.4. The van der Waals surface area contributed by atoms with Gasteiger partial charge in [-0.15, -0.1) is 12.6 Å². The average molecular weight is 243 g/mol. The van der Waals surface area contributed by atoms with Crippen LogP contribution in [-0.2, 0) is 7.05 Å². The maximum absolute atomic E-state index is 4.18. The van der Waals surface area contributed by atoms with Crippen LogP contribution < -0.4 is 0 Å². The van der Waals surface area contributed by atoms with Gasteiger partial charge in [-0.05, 0) is 12.1 Å². The number of imidazole rings is 1. The van der Waals surface area contributed by atoms with E-state index in [0.29, 0.717) is 0 Å². The molecule has 3 nitrogen and oxygen atoms in total. The van der Waals surface area contributed by atoms with Gasteiger partial charge in [-0.3, -0.25) is 4.98 Å². The van der Waals surface area contributed by atoms with Crippen LogP contribution in [-0.4, -0.2) is 14.5 Å². The van der Waals surface area contributed by atoms with E-state index >= 15 is 0 Å². The molecule has 0 fully saturated rings. The molecule has 0 aliphatic carbocycles. The highest BCUT2D eigenvalue weighted by Gasteiger charge is 1.86. The lowest BCUT2D eigenvalue weighted by molar-refractivity contribution is 0.794. The largest absolute Gasteiger partial charge is 0.329 e. The zero-order chi connectivity index (χ0) is 12.1. The molecule has 17 heavy (non-hydrogen) atoms. The van der Waals surface area contributed by atoms with Crippen LogP contribution in [0.2, 0.25) is 0 Å². The lowest BCUT2D eigenvalue weighted by Gasteiger charge is -1.91. The molecule has 3 rings (SSSR count). The van der Waals surface area contributed by atoms with E-state index in [4.69, 9.17) is 0 Å². The molecule has 0 atom stereocenters. The number of fused-ring (bicyclic) bond motifs is 1. The fourth-order valence-corrected chi connectivity index (χ4v) is 1.51. The SMILES string of the molecule is Cn1ccnc1S.c1ccc2ncccc2c1. The summed E-state index contributed by atoms with van der Waals surface area (Å²) in [6, 6.07) is 12.1. The average Bonchev–Trinajstić information content (AvgIpc) is 2.75. The van der Waals surface area contributed by atoms with Crippen molar-refractivity contribution in [1.82, 2.24) is 14.5 Å². The molecule has 0 saturated heterocycles. The molecule has 1 aromatic carbocycles. The molecule has 0 aliphatic heterocycles. The van der Waals surface area contributed by atoms with Gasteiger partial charge in [-0.25, -0.2) is 4.98 Å². The van der Waals surface area contributed by atoms with Crippen LogP contribution in [0.15, 0.2) is 60.1 Å². The normalized spacial score (nSPS) is 9.76. The van der Waals surface area contributed by atoms with Gasteiger partial charge >= 0.3 is 0 Å². The van der Waals surface area contributed by atoms with E-state index in [0.717, 1.165) is 10.7 Å². The number of hydrogen-bond acceptors (Lipinski definition) is 3. The summed E-state index contributed by atoms with van der Waals surface area (Å²) < 4.78 is 1.84. The molecule has 0 amide bonds. The summed E-state index contributed by atoms with van der Waals surface area (Å²) in [5.74, 6) is 0. The van der Waals surface area contributed by atoms with Crippen molar-refractivity contribution in [2.75, 3.05) is 0 Å². The fraction of sp³-hybridized carbons (Fsp3) is 0.0769. The number of nitrogens with zero attached hydrogens (tertiary/aromatic N) is 3. The third-order valence-electron chi connectivity index (χ3n) is 2.31. The predicted octanol–water partition coefficient (Wildman–Crippen LogP) is 2.94. The summed E-state index contributed by atoms with van der Waals surface area (Å²) in [5.41, 5.74) is 1.06. The second-order valence-corrected chi connectivity index (χ2v) is 3.93. The number of rotatable bonds is 0. The molecule has 0 saturated carbocycles. The van der Waals surface area contributed by atoms with Crippen molar-refractivity contribution in [2.24, 2.45) is 7.05 Å². The standard InChI is InChI=1S/C9H7N.C4H6N2S/c1-2-6-9-8(4-1)5-3-7-10-9;1-6-3-2-5-4(6)7/h1-7H;2-3H,1H3,(H,5,7). The second-order valence-electron chi connectivity index (χ2n) is 3.53. The molecular weight excluding hydrogens is 230 g/mol. The maximum atomic E-state index is 4.18. The van der Waals surface area contributed by atoms with Crippen molar-refractivity contribution in [1.29, 1.82) is 0 Å². The minimum atomic E-state index is 0.750. The Bertz CT molecular complexity index is 522.